The Kier molecular flexibility index (Phi) is 4.20. The first-order valence-electron chi connectivity index (χ1n) is 10.2. The molecule has 2 aromatic rings. The van der Waals surface area contributed by atoms with Gasteiger partial charge in [0.2, 0.25) is 11.8 Å². The molecule has 4 heterocycles. The van der Waals surface area contributed by atoms with Gasteiger partial charge in [0, 0.05) is 28.4 Å². The summed E-state index contributed by atoms with van der Waals surface area (Å²) in [5.41, 5.74) is 1.03. The normalized spacial score (nSPS) is 35.1. The average Bonchev–Trinajstić information content (AvgIpc) is 3.49. The lowest BCUT2D eigenvalue weighted by Gasteiger charge is -2.42. The second-order valence-electron chi connectivity index (χ2n) is 8.59. The van der Waals surface area contributed by atoms with E-state index in [4.69, 9.17) is 0 Å². The number of likely N-dealkylation sites (tertiary alicyclic amines) is 1. The van der Waals surface area contributed by atoms with Crippen molar-refractivity contribution in [2.75, 3.05) is 13.7 Å². The Hall–Kier alpha value is -2.46. The number of nitrogens with zero attached hydrogens (tertiary/aromatic N) is 2. The monoisotopic (exact) mass is 457 g/mol. The van der Waals surface area contributed by atoms with Crippen LogP contribution < -0.4 is 4.87 Å². The van der Waals surface area contributed by atoms with E-state index in [1.165, 1.54) is 18.4 Å². The molecular weight excluding hydrogens is 438 g/mol. The van der Waals surface area contributed by atoms with E-state index in [1.807, 2.05) is 18.3 Å². The minimum atomic E-state index is -0.589. The molecule has 0 radical (unpaired) electrons. The summed E-state index contributed by atoms with van der Waals surface area (Å²) >= 11 is 2.87. The topological polar surface area (TPSA) is 109 Å². The molecule has 2 bridgehead atoms. The van der Waals surface area contributed by atoms with Crippen molar-refractivity contribution >= 4 is 40.9 Å². The highest BCUT2D eigenvalue weighted by Gasteiger charge is 2.69. The molecule has 3 fully saturated rings. The smallest absolute Gasteiger partial charge is 0.325 e. The molecule has 4 aliphatic rings. The van der Waals surface area contributed by atoms with Crippen LogP contribution in [0, 0.1) is 29.6 Å². The van der Waals surface area contributed by atoms with Gasteiger partial charge in [-0.2, -0.15) is 0 Å². The third kappa shape index (κ3) is 2.57. The molecule has 6 rings (SSSR count). The number of methoxy groups -OCH3 is 1. The molecule has 2 aliphatic heterocycles. The van der Waals surface area contributed by atoms with E-state index in [0.29, 0.717) is 0 Å². The standard InChI is InChI=1S/C21H19N3O5S2/c1-29-11(25)7-24-19(26)14-9-5-10(15(14)20(24)27)16-13(9)12(8-3-2-4-22-6-8)17-18(30-16)23-21(28)31-17/h2-4,6,9-10,12-16H,5,7H2,1H3,(H,23,28)/t9-,10-,12-,13-,14-,15-,16+/m0/s1. The van der Waals surface area contributed by atoms with Gasteiger partial charge in [-0.25, -0.2) is 0 Å². The zero-order chi connectivity index (χ0) is 21.4. The minimum absolute atomic E-state index is 0.0298. The first-order valence-corrected chi connectivity index (χ1v) is 11.9. The van der Waals surface area contributed by atoms with E-state index in [2.05, 4.69) is 14.7 Å². The number of thioether (sulfide) groups is 1. The van der Waals surface area contributed by atoms with Crippen LogP contribution in [0.2, 0.25) is 0 Å². The third-order valence-corrected chi connectivity index (χ3v) is 9.96. The fraction of sp³-hybridized carbons (Fsp3) is 0.476. The summed E-state index contributed by atoms with van der Waals surface area (Å²) in [5, 5.41) is 1.00. The number of fused-ring (bicyclic) bond motifs is 9. The maximum Gasteiger partial charge on any atom is 0.325 e. The highest BCUT2D eigenvalue weighted by Crippen LogP contribution is 2.68. The van der Waals surface area contributed by atoms with Gasteiger partial charge in [0.05, 0.1) is 24.0 Å². The van der Waals surface area contributed by atoms with Crippen molar-refractivity contribution in [2.24, 2.45) is 29.6 Å². The molecule has 2 aliphatic carbocycles. The molecule has 7 atom stereocenters. The number of hydrogen-bond donors (Lipinski definition) is 1. The summed E-state index contributed by atoms with van der Waals surface area (Å²) in [6, 6.07) is 3.91. The molecule has 1 saturated heterocycles. The Morgan fingerprint density at radius 3 is 2.74 bits per heavy atom. The van der Waals surface area contributed by atoms with E-state index in [9.17, 15) is 19.2 Å². The number of aromatic nitrogens is 2. The Labute approximate surface area is 185 Å². The second-order valence-corrected chi connectivity index (χ2v) is 10.8. The van der Waals surface area contributed by atoms with E-state index in [-0.39, 0.29) is 52.2 Å². The number of carbonyl (C=O) groups excluding carboxylic acids is 3. The number of nitrogens with one attached hydrogen (secondary N) is 1. The lowest BCUT2D eigenvalue weighted by atomic mass is 9.68. The van der Waals surface area contributed by atoms with Crippen molar-refractivity contribution in [1.82, 2.24) is 14.9 Å². The molecule has 1 N–H and O–H groups in total. The van der Waals surface area contributed by atoms with Gasteiger partial charge in [0.25, 0.3) is 0 Å². The van der Waals surface area contributed by atoms with Crippen LogP contribution in [0.3, 0.4) is 0 Å². The van der Waals surface area contributed by atoms with Crippen LogP contribution in [0.4, 0.5) is 0 Å². The summed E-state index contributed by atoms with van der Waals surface area (Å²) in [5.74, 6) is -1.72. The lowest BCUT2D eigenvalue weighted by molar-refractivity contribution is -0.151. The molecule has 0 unspecified atom stereocenters. The fourth-order valence-corrected chi connectivity index (χ4v) is 9.25. The number of imide groups is 1. The number of carbonyl (C=O) groups is 3. The molecule has 2 saturated carbocycles. The maximum absolute atomic E-state index is 13.2. The highest BCUT2D eigenvalue weighted by molar-refractivity contribution is 8.00. The van der Waals surface area contributed by atoms with E-state index in [0.717, 1.165) is 26.8 Å². The number of hydrogen-bond acceptors (Lipinski definition) is 8. The first-order chi connectivity index (χ1) is 15.0. The van der Waals surface area contributed by atoms with Crippen LogP contribution in [-0.4, -0.2) is 51.6 Å². The van der Waals surface area contributed by atoms with Crippen LogP contribution in [0.1, 0.15) is 22.8 Å². The Morgan fingerprint density at radius 2 is 2.03 bits per heavy atom. The zero-order valence-electron chi connectivity index (χ0n) is 16.5. The van der Waals surface area contributed by atoms with Gasteiger partial charge in [0.15, 0.2) is 0 Å². The van der Waals surface area contributed by atoms with Gasteiger partial charge in [-0.1, -0.05) is 17.4 Å². The van der Waals surface area contributed by atoms with Gasteiger partial charge < -0.3 is 9.72 Å². The second kappa shape index (κ2) is 6.77. The number of aromatic amines is 1. The predicted octanol–water partition coefficient (Wildman–Crippen LogP) is 1.48. The van der Waals surface area contributed by atoms with Crippen molar-refractivity contribution in [3.05, 3.63) is 44.6 Å². The number of thiazole rings is 1. The number of esters is 1. The maximum atomic E-state index is 13.2. The van der Waals surface area contributed by atoms with Gasteiger partial charge in [-0.05, 0) is 35.8 Å². The molecule has 8 nitrogen and oxygen atoms in total. The summed E-state index contributed by atoms with van der Waals surface area (Å²) in [4.78, 5) is 59.6. The summed E-state index contributed by atoms with van der Waals surface area (Å²) < 4.78 is 4.68. The molecule has 2 amide bonds. The minimum Gasteiger partial charge on any atom is -0.468 e. The van der Waals surface area contributed by atoms with E-state index in [1.54, 1.807) is 18.0 Å². The molecule has 2 aromatic heterocycles. The number of amides is 2. The van der Waals surface area contributed by atoms with Gasteiger partial charge in [0.1, 0.15) is 6.54 Å². The number of H-pyrrole nitrogens is 1. The van der Waals surface area contributed by atoms with Crippen LogP contribution in [0.5, 0.6) is 0 Å². The van der Waals surface area contributed by atoms with E-state index < -0.39 is 17.8 Å². The van der Waals surface area contributed by atoms with E-state index >= 15 is 0 Å². The Balaban J connectivity index is 1.43. The molecule has 0 spiro atoms. The average molecular weight is 458 g/mol. The number of rotatable bonds is 3. The lowest BCUT2D eigenvalue weighted by Crippen LogP contribution is -2.42. The van der Waals surface area contributed by atoms with Crippen LogP contribution in [0.15, 0.2) is 34.3 Å². The van der Waals surface area contributed by atoms with Crippen molar-refractivity contribution in [1.29, 1.82) is 0 Å². The summed E-state index contributed by atoms with van der Waals surface area (Å²) in [7, 11) is 1.25. The van der Waals surface area contributed by atoms with Crippen molar-refractivity contribution in [3.8, 4) is 0 Å². The zero-order valence-corrected chi connectivity index (χ0v) is 18.2. The molecular formula is C21H19N3O5S2. The van der Waals surface area contributed by atoms with Crippen molar-refractivity contribution in [3.63, 3.8) is 0 Å². The Morgan fingerprint density at radius 1 is 1.26 bits per heavy atom. The highest BCUT2D eigenvalue weighted by atomic mass is 32.2. The third-order valence-electron chi connectivity index (χ3n) is 7.37. The van der Waals surface area contributed by atoms with Crippen molar-refractivity contribution < 1.29 is 19.1 Å². The van der Waals surface area contributed by atoms with Crippen LogP contribution in [-0.2, 0) is 19.1 Å². The molecule has 160 valence electrons. The van der Waals surface area contributed by atoms with Gasteiger partial charge >= 0.3 is 10.8 Å². The summed E-state index contributed by atoms with van der Waals surface area (Å²) in [6.45, 7) is -0.324. The molecule has 10 heteroatoms. The SMILES string of the molecule is COC(=O)CN1C(=O)[C@H]2[C@@H]3C[C@H]([C@@H]2C1=O)[C@H]1[C@H](c2cccnc2)c2sc(=O)[nH]c2S[C@H]31. The van der Waals surface area contributed by atoms with Gasteiger partial charge in [-0.3, -0.25) is 29.1 Å². The first kappa shape index (κ1) is 19.2. The van der Waals surface area contributed by atoms with Crippen molar-refractivity contribution in [2.45, 2.75) is 22.6 Å². The summed E-state index contributed by atoms with van der Waals surface area (Å²) in [6.07, 6.45) is 4.37. The quantitative estimate of drug-likeness (QED) is 0.549. The van der Waals surface area contributed by atoms with Crippen LogP contribution >= 0.6 is 23.1 Å². The number of ether oxygens (including phenoxy) is 1. The number of pyridine rings is 1. The molecule has 31 heavy (non-hydrogen) atoms. The fourth-order valence-electron chi connectivity index (χ4n) is 6.36. The Bertz CT molecular complexity index is 1160. The largest absolute Gasteiger partial charge is 0.468 e. The molecule has 0 aromatic carbocycles. The van der Waals surface area contributed by atoms with Crippen LogP contribution in [0.25, 0.3) is 0 Å². The van der Waals surface area contributed by atoms with Gasteiger partial charge in [-0.15, -0.1) is 11.8 Å². The predicted molar refractivity (Wildman–Crippen MR) is 111 cm³/mol.